The second kappa shape index (κ2) is 6.48. The van der Waals surface area contributed by atoms with Crippen molar-refractivity contribution in [3.63, 3.8) is 0 Å². The number of guanidine groups is 1. The molecule has 4 nitrogen and oxygen atoms in total. The first-order chi connectivity index (χ1) is 6.36. The van der Waals surface area contributed by atoms with Crippen LogP contribution in [0.2, 0.25) is 0 Å². The summed E-state index contributed by atoms with van der Waals surface area (Å²) in [5, 5.41) is 3.13. The Morgan fingerprint density at radius 3 is 2.53 bits per heavy atom. The van der Waals surface area contributed by atoms with Gasteiger partial charge in [0.05, 0.1) is 6.04 Å². The molecule has 2 heterocycles. The number of pyridine rings is 1. The number of nitrogens with two attached hydrogens (primary N) is 1. The summed E-state index contributed by atoms with van der Waals surface area (Å²) < 4.78 is 0. The van der Waals surface area contributed by atoms with E-state index in [0.29, 0.717) is 12.0 Å². The SMILES string of the molecule is Cl.Cl.NC1=NCCC(c2ccncc2)N1. The van der Waals surface area contributed by atoms with Crippen molar-refractivity contribution in [2.24, 2.45) is 10.7 Å². The lowest BCUT2D eigenvalue weighted by atomic mass is 10.0. The van der Waals surface area contributed by atoms with E-state index in [1.165, 1.54) is 5.56 Å². The van der Waals surface area contributed by atoms with Crippen molar-refractivity contribution in [2.45, 2.75) is 12.5 Å². The van der Waals surface area contributed by atoms with Crippen molar-refractivity contribution >= 4 is 30.8 Å². The van der Waals surface area contributed by atoms with Gasteiger partial charge in [-0.1, -0.05) is 0 Å². The van der Waals surface area contributed by atoms with Crippen LogP contribution < -0.4 is 11.1 Å². The highest BCUT2D eigenvalue weighted by Crippen LogP contribution is 2.17. The number of nitrogens with zero attached hydrogens (tertiary/aromatic N) is 2. The molecular formula is C9H14Cl2N4. The van der Waals surface area contributed by atoms with E-state index >= 15 is 0 Å². The highest BCUT2D eigenvalue weighted by atomic mass is 35.5. The second-order valence-electron chi connectivity index (χ2n) is 3.03. The van der Waals surface area contributed by atoms with Crippen LogP contribution in [0.4, 0.5) is 0 Å². The summed E-state index contributed by atoms with van der Waals surface area (Å²) in [6.45, 7) is 0.797. The van der Waals surface area contributed by atoms with Crippen molar-refractivity contribution in [3.05, 3.63) is 30.1 Å². The molecule has 1 atom stereocenters. The van der Waals surface area contributed by atoms with Gasteiger partial charge >= 0.3 is 0 Å². The average molecular weight is 249 g/mol. The molecule has 1 unspecified atom stereocenters. The van der Waals surface area contributed by atoms with Gasteiger partial charge in [0.15, 0.2) is 5.96 Å². The van der Waals surface area contributed by atoms with Crippen LogP contribution in [0.5, 0.6) is 0 Å². The van der Waals surface area contributed by atoms with E-state index in [4.69, 9.17) is 5.73 Å². The Labute approximate surface area is 101 Å². The third-order valence-corrected chi connectivity index (χ3v) is 2.13. The number of aromatic nitrogens is 1. The summed E-state index contributed by atoms with van der Waals surface area (Å²) in [5.74, 6) is 0.535. The fourth-order valence-corrected chi connectivity index (χ4v) is 1.46. The lowest BCUT2D eigenvalue weighted by Gasteiger charge is -2.22. The number of rotatable bonds is 1. The molecule has 2 rings (SSSR count). The van der Waals surface area contributed by atoms with E-state index in [0.717, 1.165) is 13.0 Å². The zero-order chi connectivity index (χ0) is 9.10. The van der Waals surface area contributed by atoms with Crippen LogP contribution in [-0.4, -0.2) is 17.5 Å². The van der Waals surface area contributed by atoms with Gasteiger partial charge in [-0.15, -0.1) is 24.8 Å². The first kappa shape index (κ1) is 14.0. The smallest absolute Gasteiger partial charge is 0.189 e. The largest absolute Gasteiger partial charge is 0.370 e. The molecule has 0 saturated heterocycles. The van der Waals surface area contributed by atoms with Crippen LogP contribution in [0.15, 0.2) is 29.5 Å². The van der Waals surface area contributed by atoms with Crippen LogP contribution in [-0.2, 0) is 0 Å². The van der Waals surface area contributed by atoms with Crippen molar-refractivity contribution in [1.82, 2.24) is 10.3 Å². The van der Waals surface area contributed by atoms with Gasteiger partial charge in [-0.2, -0.15) is 0 Å². The molecule has 0 amide bonds. The molecule has 15 heavy (non-hydrogen) atoms. The molecule has 0 bridgehead atoms. The molecule has 0 aromatic carbocycles. The van der Waals surface area contributed by atoms with Gasteiger partial charge in [0.2, 0.25) is 0 Å². The molecule has 0 spiro atoms. The van der Waals surface area contributed by atoms with Crippen LogP contribution >= 0.6 is 24.8 Å². The molecule has 84 valence electrons. The number of hydrogen-bond acceptors (Lipinski definition) is 4. The monoisotopic (exact) mass is 248 g/mol. The third kappa shape index (κ3) is 3.57. The molecule has 3 N–H and O–H groups in total. The van der Waals surface area contributed by atoms with Gasteiger partial charge in [0.25, 0.3) is 0 Å². The molecule has 0 fully saturated rings. The van der Waals surface area contributed by atoms with Crippen molar-refractivity contribution in [3.8, 4) is 0 Å². The predicted molar refractivity (Wildman–Crippen MR) is 65.7 cm³/mol. The lowest BCUT2D eigenvalue weighted by Crippen LogP contribution is -2.38. The van der Waals surface area contributed by atoms with Gasteiger partial charge in [-0.25, -0.2) is 0 Å². The summed E-state index contributed by atoms with van der Waals surface area (Å²) in [5.41, 5.74) is 6.80. The van der Waals surface area contributed by atoms with E-state index in [9.17, 15) is 0 Å². The minimum absolute atomic E-state index is 0. The molecule has 0 radical (unpaired) electrons. The zero-order valence-electron chi connectivity index (χ0n) is 8.09. The fourth-order valence-electron chi connectivity index (χ4n) is 1.46. The van der Waals surface area contributed by atoms with Gasteiger partial charge in [0, 0.05) is 18.9 Å². The summed E-state index contributed by atoms with van der Waals surface area (Å²) in [7, 11) is 0. The Morgan fingerprint density at radius 1 is 1.27 bits per heavy atom. The van der Waals surface area contributed by atoms with Crippen molar-refractivity contribution in [2.75, 3.05) is 6.54 Å². The van der Waals surface area contributed by atoms with Gasteiger partial charge in [0.1, 0.15) is 0 Å². The molecule has 0 aliphatic carbocycles. The van der Waals surface area contributed by atoms with E-state index in [1.54, 1.807) is 12.4 Å². The molecule has 1 aromatic heterocycles. The van der Waals surface area contributed by atoms with Crippen molar-refractivity contribution < 1.29 is 0 Å². The highest BCUT2D eigenvalue weighted by molar-refractivity contribution is 5.85. The minimum atomic E-state index is 0. The Bertz CT molecular complexity index is 315. The minimum Gasteiger partial charge on any atom is -0.370 e. The maximum absolute atomic E-state index is 5.59. The summed E-state index contributed by atoms with van der Waals surface area (Å²) in [6, 6.07) is 4.28. The zero-order valence-corrected chi connectivity index (χ0v) is 9.72. The van der Waals surface area contributed by atoms with E-state index in [-0.39, 0.29) is 24.8 Å². The second-order valence-corrected chi connectivity index (χ2v) is 3.03. The predicted octanol–water partition coefficient (Wildman–Crippen LogP) is 1.27. The summed E-state index contributed by atoms with van der Waals surface area (Å²) in [6.07, 6.45) is 4.57. The Morgan fingerprint density at radius 2 is 1.93 bits per heavy atom. The molecule has 1 aliphatic rings. The van der Waals surface area contributed by atoms with Gasteiger partial charge < -0.3 is 11.1 Å². The first-order valence-corrected chi connectivity index (χ1v) is 4.32. The van der Waals surface area contributed by atoms with E-state index in [1.807, 2.05) is 12.1 Å². The van der Waals surface area contributed by atoms with Crippen LogP contribution in [0.25, 0.3) is 0 Å². The lowest BCUT2D eigenvalue weighted by molar-refractivity contribution is 0.568. The number of hydrogen-bond donors (Lipinski definition) is 2. The fraction of sp³-hybridized carbons (Fsp3) is 0.333. The maximum Gasteiger partial charge on any atom is 0.189 e. The quantitative estimate of drug-likeness (QED) is 0.787. The number of aliphatic imine (C=N–C) groups is 1. The molecule has 1 aromatic rings. The van der Waals surface area contributed by atoms with E-state index in [2.05, 4.69) is 15.3 Å². The van der Waals surface area contributed by atoms with Crippen LogP contribution in [0, 0.1) is 0 Å². The maximum atomic E-state index is 5.59. The first-order valence-electron chi connectivity index (χ1n) is 4.32. The Balaban J connectivity index is 0.000000980. The summed E-state index contributed by atoms with van der Waals surface area (Å²) >= 11 is 0. The third-order valence-electron chi connectivity index (χ3n) is 2.13. The topological polar surface area (TPSA) is 63.3 Å². The van der Waals surface area contributed by atoms with Crippen molar-refractivity contribution in [1.29, 1.82) is 0 Å². The molecule has 6 heteroatoms. The summed E-state index contributed by atoms with van der Waals surface area (Å²) in [4.78, 5) is 8.04. The normalized spacial score (nSPS) is 18.9. The Kier molecular flexibility index (Phi) is 6.05. The van der Waals surface area contributed by atoms with Crippen LogP contribution in [0.1, 0.15) is 18.0 Å². The van der Waals surface area contributed by atoms with E-state index < -0.39 is 0 Å². The van der Waals surface area contributed by atoms with Gasteiger partial charge in [-0.05, 0) is 24.1 Å². The number of nitrogens with one attached hydrogen (secondary N) is 1. The number of halogens is 2. The highest BCUT2D eigenvalue weighted by Gasteiger charge is 2.14. The standard InChI is InChI=1S/C9H12N4.2ClH/c10-9-12-6-3-8(13-9)7-1-4-11-5-2-7;;/h1-2,4-5,8H,3,6H2,(H3,10,12,13);2*1H. The average Bonchev–Trinajstić information content (AvgIpc) is 2.19. The van der Waals surface area contributed by atoms with Crippen LogP contribution in [0.3, 0.4) is 0 Å². The Hall–Kier alpha value is -1.00. The molecular weight excluding hydrogens is 235 g/mol. The molecule has 1 aliphatic heterocycles. The molecule has 0 saturated carbocycles. The van der Waals surface area contributed by atoms with Gasteiger partial charge in [-0.3, -0.25) is 9.98 Å².